The number of aromatic amines is 1. The second-order valence-electron chi connectivity index (χ2n) is 5.53. The number of ether oxygens (including phenoxy) is 2. The third kappa shape index (κ3) is 4.24. The number of hydrogen-bond donors (Lipinski definition) is 3. The Labute approximate surface area is 155 Å². The largest absolute Gasteiger partial charge is 0.508 e. The Bertz CT molecular complexity index is 981. The lowest BCUT2D eigenvalue weighted by Crippen LogP contribution is -2.17. The van der Waals surface area contributed by atoms with Gasteiger partial charge in [-0.05, 0) is 42.0 Å². The Hall–Kier alpha value is -3.81. The van der Waals surface area contributed by atoms with Gasteiger partial charge in [0.1, 0.15) is 11.4 Å². The molecular weight excluding hydrogens is 348 g/mol. The Morgan fingerprint density at radius 3 is 2.70 bits per heavy atom. The minimum absolute atomic E-state index is 0.124. The molecule has 27 heavy (non-hydrogen) atoms. The van der Waals surface area contributed by atoms with Gasteiger partial charge in [-0.15, -0.1) is 0 Å². The van der Waals surface area contributed by atoms with Gasteiger partial charge in [-0.25, -0.2) is 5.43 Å². The van der Waals surface area contributed by atoms with E-state index in [1.807, 2.05) is 6.07 Å². The zero-order chi connectivity index (χ0) is 19.2. The number of carbonyl (C=O) groups excluding carboxylic acids is 1. The maximum atomic E-state index is 12.2. The molecule has 1 amide bonds. The first kappa shape index (κ1) is 18.0. The molecule has 0 bridgehead atoms. The molecule has 1 aromatic heterocycles. The molecule has 0 atom stereocenters. The molecule has 0 fully saturated rings. The van der Waals surface area contributed by atoms with Crippen LogP contribution in [0.3, 0.4) is 0 Å². The molecule has 8 nitrogen and oxygen atoms in total. The molecule has 0 saturated carbocycles. The summed E-state index contributed by atoms with van der Waals surface area (Å²) in [7, 11) is 3.11. The summed E-state index contributed by atoms with van der Waals surface area (Å²) >= 11 is 0. The lowest BCUT2D eigenvalue weighted by molar-refractivity contribution is 0.0950. The average Bonchev–Trinajstić information content (AvgIpc) is 3.17. The molecule has 0 aliphatic carbocycles. The standard InChI is InChI=1S/C19H18N4O4/c1-26-17-7-6-13(9-18(17)27-2)15-10-16(22-21-15)19(25)23-20-11-12-4-3-5-14(24)8-12/h3-11,24H,1-2H3,(H,21,22)(H,23,25). The van der Waals surface area contributed by atoms with Gasteiger partial charge >= 0.3 is 0 Å². The second-order valence-corrected chi connectivity index (χ2v) is 5.53. The summed E-state index contributed by atoms with van der Waals surface area (Å²) < 4.78 is 10.5. The van der Waals surface area contributed by atoms with Crippen LogP contribution in [0.25, 0.3) is 11.3 Å². The number of aromatic hydroxyl groups is 1. The van der Waals surface area contributed by atoms with Gasteiger partial charge in [0.05, 0.1) is 26.1 Å². The predicted octanol–water partition coefficient (Wildman–Crippen LogP) is 2.56. The van der Waals surface area contributed by atoms with Crippen molar-refractivity contribution in [2.75, 3.05) is 14.2 Å². The summed E-state index contributed by atoms with van der Waals surface area (Å²) in [6.07, 6.45) is 1.43. The summed E-state index contributed by atoms with van der Waals surface area (Å²) in [5, 5.41) is 20.1. The smallest absolute Gasteiger partial charge is 0.289 e. The van der Waals surface area contributed by atoms with Gasteiger partial charge in [0.2, 0.25) is 0 Å². The number of aromatic nitrogens is 2. The van der Waals surface area contributed by atoms with E-state index < -0.39 is 5.91 Å². The molecule has 0 spiro atoms. The number of benzene rings is 2. The topological polar surface area (TPSA) is 109 Å². The summed E-state index contributed by atoms with van der Waals surface area (Å²) in [4.78, 5) is 12.2. The van der Waals surface area contributed by atoms with Crippen LogP contribution in [-0.4, -0.2) is 41.6 Å². The molecule has 3 N–H and O–H groups in total. The highest BCUT2D eigenvalue weighted by Gasteiger charge is 2.12. The van der Waals surface area contributed by atoms with E-state index in [2.05, 4.69) is 20.7 Å². The van der Waals surface area contributed by atoms with Gasteiger partial charge in [-0.1, -0.05) is 12.1 Å². The van der Waals surface area contributed by atoms with Gasteiger partial charge in [0, 0.05) is 5.56 Å². The number of rotatable bonds is 6. The maximum Gasteiger partial charge on any atom is 0.289 e. The number of hydrazone groups is 1. The molecule has 0 aliphatic heterocycles. The van der Waals surface area contributed by atoms with Gasteiger partial charge < -0.3 is 14.6 Å². The van der Waals surface area contributed by atoms with E-state index in [1.165, 1.54) is 12.3 Å². The van der Waals surface area contributed by atoms with Crippen molar-refractivity contribution in [2.24, 2.45) is 5.10 Å². The molecule has 8 heteroatoms. The van der Waals surface area contributed by atoms with Crippen LogP contribution in [0.5, 0.6) is 17.2 Å². The monoisotopic (exact) mass is 366 g/mol. The van der Waals surface area contributed by atoms with Crippen molar-refractivity contribution in [3.8, 4) is 28.5 Å². The molecule has 2 aromatic carbocycles. The molecule has 1 heterocycles. The van der Waals surface area contributed by atoms with E-state index >= 15 is 0 Å². The van der Waals surface area contributed by atoms with Crippen molar-refractivity contribution in [2.45, 2.75) is 0 Å². The highest BCUT2D eigenvalue weighted by Crippen LogP contribution is 2.31. The van der Waals surface area contributed by atoms with Crippen molar-refractivity contribution in [1.82, 2.24) is 15.6 Å². The molecule has 138 valence electrons. The molecule has 3 aromatic rings. The van der Waals surface area contributed by atoms with Crippen molar-refractivity contribution < 1.29 is 19.4 Å². The van der Waals surface area contributed by atoms with Crippen LogP contribution in [0.2, 0.25) is 0 Å². The number of amides is 1. The SMILES string of the molecule is COc1ccc(-c2cc(C(=O)NN=Cc3cccc(O)c3)[nH]n2)cc1OC. The number of phenolic OH excluding ortho intramolecular Hbond substituents is 1. The number of nitrogens with one attached hydrogen (secondary N) is 2. The fraction of sp³-hybridized carbons (Fsp3) is 0.105. The predicted molar refractivity (Wildman–Crippen MR) is 100 cm³/mol. The maximum absolute atomic E-state index is 12.2. The van der Waals surface area contributed by atoms with Crippen LogP contribution in [0.15, 0.2) is 53.6 Å². The lowest BCUT2D eigenvalue weighted by Gasteiger charge is -2.08. The first-order valence-corrected chi connectivity index (χ1v) is 8.01. The van der Waals surface area contributed by atoms with E-state index in [1.54, 1.807) is 50.6 Å². The molecule has 0 aliphatic rings. The Morgan fingerprint density at radius 1 is 1.15 bits per heavy atom. The van der Waals surface area contributed by atoms with Gasteiger partial charge in [-0.3, -0.25) is 9.89 Å². The van der Waals surface area contributed by atoms with Gasteiger partial charge in [-0.2, -0.15) is 10.2 Å². The first-order chi connectivity index (χ1) is 13.1. The second kappa shape index (κ2) is 8.05. The zero-order valence-corrected chi connectivity index (χ0v) is 14.8. The summed E-state index contributed by atoms with van der Waals surface area (Å²) in [6, 6.07) is 13.5. The van der Waals surface area contributed by atoms with Crippen molar-refractivity contribution in [1.29, 1.82) is 0 Å². The van der Waals surface area contributed by atoms with Crippen molar-refractivity contribution in [3.63, 3.8) is 0 Å². The van der Waals surface area contributed by atoms with E-state index in [0.717, 1.165) is 5.56 Å². The summed E-state index contributed by atoms with van der Waals surface area (Å²) in [5.41, 5.74) is 4.67. The minimum atomic E-state index is -0.439. The number of nitrogens with zero attached hydrogens (tertiary/aromatic N) is 2. The number of methoxy groups -OCH3 is 2. The highest BCUT2D eigenvalue weighted by atomic mass is 16.5. The Kier molecular flexibility index (Phi) is 5.36. The van der Waals surface area contributed by atoms with E-state index in [0.29, 0.717) is 22.8 Å². The Balaban J connectivity index is 1.70. The fourth-order valence-corrected chi connectivity index (χ4v) is 2.41. The third-order valence-corrected chi connectivity index (χ3v) is 3.75. The normalized spacial score (nSPS) is 10.7. The van der Waals surface area contributed by atoms with Crippen LogP contribution >= 0.6 is 0 Å². The quantitative estimate of drug-likeness (QED) is 0.459. The number of carbonyl (C=O) groups is 1. The lowest BCUT2D eigenvalue weighted by atomic mass is 10.1. The zero-order valence-electron chi connectivity index (χ0n) is 14.8. The van der Waals surface area contributed by atoms with Crippen LogP contribution in [-0.2, 0) is 0 Å². The first-order valence-electron chi connectivity index (χ1n) is 8.01. The number of H-pyrrole nitrogens is 1. The van der Waals surface area contributed by atoms with E-state index in [9.17, 15) is 9.90 Å². The average molecular weight is 366 g/mol. The molecule has 0 radical (unpaired) electrons. The molecule has 0 saturated heterocycles. The molecule has 0 unspecified atom stereocenters. The van der Waals surface area contributed by atoms with Crippen LogP contribution < -0.4 is 14.9 Å². The van der Waals surface area contributed by atoms with Crippen molar-refractivity contribution in [3.05, 3.63) is 59.8 Å². The minimum Gasteiger partial charge on any atom is -0.508 e. The van der Waals surface area contributed by atoms with Crippen LogP contribution in [0, 0.1) is 0 Å². The summed E-state index contributed by atoms with van der Waals surface area (Å²) in [5.74, 6) is 0.861. The van der Waals surface area contributed by atoms with E-state index in [-0.39, 0.29) is 11.4 Å². The van der Waals surface area contributed by atoms with Crippen LogP contribution in [0.1, 0.15) is 16.1 Å². The van der Waals surface area contributed by atoms with E-state index in [4.69, 9.17) is 9.47 Å². The third-order valence-electron chi connectivity index (χ3n) is 3.75. The van der Waals surface area contributed by atoms with Crippen molar-refractivity contribution >= 4 is 12.1 Å². The number of hydrogen-bond acceptors (Lipinski definition) is 6. The summed E-state index contributed by atoms with van der Waals surface area (Å²) in [6.45, 7) is 0. The van der Waals surface area contributed by atoms with Crippen LogP contribution in [0.4, 0.5) is 0 Å². The molecular formula is C19H18N4O4. The highest BCUT2D eigenvalue weighted by molar-refractivity contribution is 5.94. The van der Waals surface area contributed by atoms with Gasteiger partial charge in [0.25, 0.3) is 5.91 Å². The Morgan fingerprint density at radius 2 is 1.96 bits per heavy atom. The number of phenols is 1. The fourth-order valence-electron chi connectivity index (χ4n) is 2.41. The van der Waals surface area contributed by atoms with Gasteiger partial charge in [0.15, 0.2) is 11.5 Å². The molecule has 3 rings (SSSR count).